The highest BCUT2D eigenvalue weighted by Gasteiger charge is 2.42. The molecule has 3 unspecified atom stereocenters. The van der Waals surface area contributed by atoms with Gasteiger partial charge in [0, 0.05) is 6.04 Å². The third-order valence-corrected chi connectivity index (χ3v) is 6.79. The van der Waals surface area contributed by atoms with Crippen molar-refractivity contribution < 1.29 is 8.42 Å². The van der Waals surface area contributed by atoms with E-state index in [-0.39, 0.29) is 17.2 Å². The Balaban J connectivity index is 2.85. The Hall–Kier alpha value is -0.870. The third kappa shape index (κ3) is 1.70. The lowest BCUT2D eigenvalue weighted by atomic mass is 9.88. The molecule has 4 heteroatoms. The molecule has 0 saturated carbocycles. The van der Waals surface area contributed by atoms with Gasteiger partial charge in [0.05, 0.1) is 10.1 Å². The average Bonchev–Trinajstić information content (AvgIpc) is 2.31. The van der Waals surface area contributed by atoms with Crippen molar-refractivity contribution in [2.24, 2.45) is 5.92 Å². The fraction of sp³-hybridized carbons (Fsp3) is 0.571. The smallest absolute Gasteiger partial charge is 0.181 e. The molecule has 0 bridgehead atoms. The number of nitrogens with one attached hydrogen (secondary N) is 1. The van der Waals surface area contributed by atoms with Crippen molar-refractivity contribution in [3.63, 3.8) is 0 Å². The van der Waals surface area contributed by atoms with Crippen molar-refractivity contribution in [1.82, 2.24) is 5.32 Å². The molecular formula is C14H21NO2S. The first kappa shape index (κ1) is 13.6. The molecule has 1 N–H and O–H groups in total. The minimum absolute atomic E-state index is 0.0769. The van der Waals surface area contributed by atoms with Crippen LogP contribution in [0.15, 0.2) is 17.0 Å². The number of rotatable bonds is 1. The molecule has 0 aliphatic carbocycles. The summed E-state index contributed by atoms with van der Waals surface area (Å²) < 4.78 is 25.2. The van der Waals surface area contributed by atoms with Crippen LogP contribution in [0.5, 0.6) is 0 Å². The predicted molar refractivity (Wildman–Crippen MR) is 73.5 cm³/mol. The molecule has 1 aromatic rings. The number of benzene rings is 1. The van der Waals surface area contributed by atoms with Crippen molar-refractivity contribution in [1.29, 1.82) is 0 Å². The molecule has 18 heavy (non-hydrogen) atoms. The Bertz CT molecular complexity index is 578. The summed E-state index contributed by atoms with van der Waals surface area (Å²) in [6.45, 7) is 7.69. The summed E-state index contributed by atoms with van der Waals surface area (Å²) >= 11 is 0. The van der Waals surface area contributed by atoms with E-state index < -0.39 is 9.84 Å². The van der Waals surface area contributed by atoms with Gasteiger partial charge in [-0.3, -0.25) is 0 Å². The van der Waals surface area contributed by atoms with Gasteiger partial charge in [-0.2, -0.15) is 0 Å². The van der Waals surface area contributed by atoms with E-state index in [2.05, 4.69) is 5.32 Å². The van der Waals surface area contributed by atoms with Crippen LogP contribution in [0.3, 0.4) is 0 Å². The van der Waals surface area contributed by atoms with E-state index in [1.807, 2.05) is 46.9 Å². The van der Waals surface area contributed by atoms with Crippen molar-refractivity contribution in [2.45, 2.75) is 43.9 Å². The molecule has 0 fully saturated rings. The summed E-state index contributed by atoms with van der Waals surface area (Å²) in [5, 5.41) is 2.94. The SMILES string of the molecule is CNC1c2c(C)ccc(C)c2S(=O)(=O)C(C)C1C. The lowest BCUT2D eigenvalue weighted by Crippen LogP contribution is -2.41. The van der Waals surface area contributed by atoms with E-state index in [4.69, 9.17) is 0 Å². The fourth-order valence-electron chi connectivity index (χ4n) is 2.98. The van der Waals surface area contributed by atoms with Gasteiger partial charge in [-0.05, 0) is 50.4 Å². The van der Waals surface area contributed by atoms with Gasteiger partial charge in [0.1, 0.15) is 0 Å². The second-order valence-corrected chi connectivity index (χ2v) is 7.56. The van der Waals surface area contributed by atoms with Crippen LogP contribution in [0, 0.1) is 19.8 Å². The zero-order chi connectivity index (χ0) is 13.7. The van der Waals surface area contributed by atoms with Crippen LogP contribution in [0.2, 0.25) is 0 Å². The van der Waals surface area contributed by atoms with Crippen LogP contribution < -0.4 is 5.32 Å². The van der Waals surface area contributed by atoms with Crippen LogP contribution in [0.25, 0.3) is 0 Å². The van der Waals surface area contributed by atoms with Crippen molar-refractivity contribution >= 4 is 9.84 Å². The number of sulfone groups is 1. The molecule has 0 aromatic heterocycles. The minimum Gasteiger partial charge on any atom is -0.313 e. The highest BCUT2D eigenvalue weighted by atomic mass is 32.2. The number of hydrogen-bond acceptors (Lipinski definition) is 3. The van der Waals surface area contributed by atoms with Crippen molar-refractivity contribution in [2.75, 3.05) is 7.05 Å². The molecule has 3 atom stereocenters. The van der Waals surface area contributed by atoms with E-state index in [0.717, 1.165) is 16.7 Å². The highest BCUT2D eigenvalue weighted by molar-refractivity contribution is 7.92. The average molecular weight is 267 g/mol. The summed E-state index contributed by atoms with van der Waals surface area (Å²) in [4.78, 5) is 0.549. The summed E-state index contributed by atoms with van der Waals surface area (Å²) in [6.07, 6.45) is 0. The summed E-state index contributed by atoms with van der Waals surface area (Å²) in [5.74, 6) is 0.0769. The zero-order valence-electron chi connectivity index (χ0n) is 11.6. The van der Waals surface area contributed by atoms with Gasteiger partial charge in [0.25, 0.3) is 0 Å². The van der Waals surface area contributed by atoms with E-state index in [1.165, 1.54) is 0 Å². The Labute approximate surface area is 110 Å². The third-order valence-electron chi connectivity index (χ3n) is 4.27. The van der Waals surface area contributed by atoms with Gasteiger partial charge in [0.15, 0.2) is 9.84 Å². The Morgan fingerprint density at radius 3 is 2.22 bits per heavy atom. The Kier molecular flexibility index (Phi) is 3.28. The zero-order valence-corrected chi connectivity index (χ0v) is 12.4. The molecule has 0 spiro atoms. The molecular weight excluding hydrogens is 246 g/mol. The number of fused-ring (bicyclic) bond motifs is 1. The van der Waals surface area contributed by atoms with Gasteiger partial charge in [-0.25, -0.2) is 8.42 Å². The predicted octanol–water partition coefficient (Wildman–Crippen LogP) is 2.38. The molecule has 1 aliphatic rings. The molecule has 0 saturated heterocycles. The van der Waals surface area contributed by atoms with Gasteiger partial charge in [0.2, 0.25) is 0 Å². The normalized spacial score (nSPS) is 29.9. The first-order valence-corrected chi connectivity index (χ1v) is 7.88. The molecule has 0 amide bonds. The van der Waals surface area contributed by atoms with Crippen LogP contribution in [0.4, 0.5) is 0 Å². The molecule has 3 nitrogen and oxygen atoms in total. The number of aryl methyl sites for hydroxylation is 2. The quantitative estimate of drug-likeness (QED) is 0.849. The van der Waals surface area contributed by atoms with Crippen molar-refractivity contribution in [3.8, 4) is 0 Å². The van der Waals surface area contributed by atoms with E-state index in [0.29, 0.717) is 4.90 Å². The Morgan fingerprint density at radius 1 is 1.11 bits per heavy atom. The van der Waals surface area contributed by atoms with Crippen LogP contribution >= 0.6 is 0 Å². The van der Waals surface area contributed by atoms with E-state index >= 15 is 0 Å². The monoisotopic (exact) mass is 267 g/mol. The number of hydrogen-bond donors (Lipinski definition) is 1. The second kappa shape index (κ2) is 4.35. The molecule has 100 valence electrons. The molecule has 1 heterocycles. The molecule has 1 aromatic carbocycles. The Morgan fingerprint density at radius 2 is 1.67 bits per heavy atom. The second-order valence-electron chi connectivity index (χ2n) is 5.32. The maximum absolute atomic E-state index is 12.6. The first-order valence-electron chi connectivity index (χ1n) is 6.33. The molecule has 1 aliphatic heterocycles. The minimum atomic E-state index is -3.21. The van der Waals surface area contributed by atoms with Gasteiger partial charge in [-0.15, -0.1) is 0 Å². The van der Waals surface area contributed by atoms with E-state index in [9.17, 15) is 8.42 Å². The van der Waals surface area contributed by atoms with Crippen LogP contribution in [-0.4, -0.2) is 20.7 Å². The van der Waals surface area contributed by atoms with Gasteiger partial charge in [-0.1, -0.05) is 19.1 Å². The van der Waals surface area contributed by atoms with Crippen LogP contribution in [-0.2, 0) is 9.84 Å². The summed E-state index contributed by atoms with van der Waals surface area (Å²) in [6, 6.07) is 4.02. The summed E-state index contributed by atoms with van der Waals surface area (Å²) in [5.41, 5.74) is 2.87. The van der Waals surface area contributed by atoms with E-state index in [1.54, 1.807) is 0 Å². The standard InChI is InChI=1S/C14H21NO2S/c1-8-6-7-9(2)14-12(8)13(15-5)10(3)11(4)18(14,16)17/h6-7,10-11,13,15H,1-5H3. The fourth-order valence-corrected chi connectivity index (χ4v) is 5.19. The molecule has 0 radical (unpaired) electrons. The lowest BCUT2D eigenvalue weighted by molar-refractivity contribution is 0.376. The van der Waals surface area contributed by atoms with Crippen LogP contribution in [0.1, 0.15) is 36.6 Å². The lowest BCUT2D eigenvalue weighted by Gasteiger charge is -2.37. The van der Waals surface area contributed by atoms with Gasteiger partial charge < -0.3 is 5.32 Å². The largest absolute Gasteiger partial charge is 0.313 e. The highest BCUT2D eigenvalue weighted by Crippen LogP contribution is 2.42. The van der Waals surface area contributed by atoms with Crippen molar-refractivity contribution in [3.05, 3.63) is 28.8 Å². The topological polar surface area (TPSA) is 46.2 Å². The maximum atomic E-state index is 12.6. The first-order chi connectivity index (χ1) is 8.32. The molecule has 2 rings (SSSR count). The maximum Gasteiger partial charge on any atom is 0.181 e. The summed E-state index contributed by atoms with van der Waals surface area (Å²) in [7, 11) is -1.31. The van der Waals surface area contributed by atoms with Gasteiger partial charge >= 0.3 is 0 Å².